The zero-order valence-electron chi connectivity index (χ0n) is 13.9. The number of amides is 2. The lowest BCUT2D eigenvalue weighted by molar-refractivity contribution is -0.134. The van der Waals surface area contributed by atoms with Crippen molar-refractivity contribution in [3.8, 4) is 0 Å². The number of benzene rings is 1. The van der Waals surface area contributed by atoms with Crippen molar-refractivity contribution in [2.75, 3.05) is 32.0 Å². The number of nitrogens with one attached hydrogen (secondary N) is 2. The molecule has 0 spiro atoms. The fraction of sp³-hybridized carbons (Fsp3) is 0.529. The third-order valence-corrected chi connectivity index (χ3v) is 4.15. The molecule has 0 unspecified atom stereocenters. The Hall–Kier alpha value is -1.66. The van der Waals surface area contributed by atoms with Crippen LogP contribution >= 0.6 is 12.4 Å². The summed E-state index contributed by atoms with van der Waals surface area (Å²) in [6.45, 7) is 2.09. The molecule has 1 aromatic carbocycles. The molecule has 24 heavy (non-hydrogen) atoms. The van der Waals surface area contributed by atoms with E-state index >= 15 is 0 Å². The van der Waals surface area contributed by atoms with Gasteiger partial charge in [0.15, 0.2) is 0 Å². The largest absolute Gasteiger partial charge is 0.343 e. The first-order valence-corrected chi connectivity index (χ1v) is 8.09. The van der Waals surface area contributed by atoms with E-state index in [2.05, 4.69) is 10.6 Å². The van der Waals surface area contributed by atoms with E-state index in [9.17, 15) is 14.0 Å². The first kappa shape index (κ1) is 20.4. The average molecular weight is 358 g/mol. The van der Waals surface area contributed by atoms with Crippen LogP contribution in [0.1, 0.15) is 25.7 Å². The molecule has 5 nitrogen and oxygen atoms in total. The Morgan fingerprint density at radius 3 is 2.42 bits per heavy atom. The van der Waals surface area contributed by atoms with Crippen LogP contribution in [0.3, 0.4) is 0 Å². The molecule has 1 aliphatic rings. The molecular formula is C17H25ClFN3O2. The minimum Gasteiger partial charge on any atom is -0.343 e. The molecule has 0 saturated carbocycles. The van der Waals surface area contributed by atoms with Gasteiger partial charge in [0.1, 0.15) is 5.82 Å². The molecular weight excluding hydrogens is 333 g/mol. The summed E-state index contributed by atoms with van der Waals surface area (Å²) >= 11 is 0. The van der Waals surface area contributed by atoms with Gasteiger partial charge in [-0.25, -0.2) is 4.39 Å². The van der Waals surface area contributed by atoms with E-state index in [4.69, 9.17) is 0 Å². The molecule has 1 heterocycles. The number of carbonyl (C=O) groups is 2. The van der Waals surface area contributed by atoms with E-state index in [0.717, 1.165) is 13.0 Å². The van der Waals surface area contributed by atoms with Crippen molar-refractivity contribution in [2.45, 2.75) is 25.7 Å². The Balaban J connectivity index is 0.00000288. The van der Waals surface area contributed by atoms with Crippen molar-refractivity contribution in [1.82, 2.24) is 10.2 Å². The fourth-order valence-electron chi connectivity index (χ4n) is 2.74. The van der Waals surface area contributed by atoms with Crippen LogP contribution < -0.4 is 10.6 Å². The number of hydrogen-bond donors (Lipinski definition) is 2. The second-order valence-electron chi connectivity index (χ2n) is 5.86. The molecule has 0 aliphatic carbocycles. The lowest BCUT2D eigenvalue weighted by atomic mass is 9.95. The topological polar surface area (TPSA) is 61.4 Å². The number of piperidine rings is 1. The van der Waals surface area contributed by atoms with Gasteiger partial charge in [0.2, 0.25) is 11.8 Å². The van der Waals surface area contributed by atoms with Crippen LogP contribution in [0.4, 0.5) is 10.1 Å². The first-order valence-electron chi connectivity index (χ1n) is 8.09. The van der Waals surface area contributed by atoms with Crippen molar-refractivity contribution >= 4 is 29.9 Å². The van der Waals surface area contributed by atoms with E-state index in [-0.39, 0.29) is 36.0 Å². The SMILES string of the molecule is CNCCCC(=O)N1CCC(C(=O)Nc2ccc(F)cc2)CC1.Cl. The maximum absolute atomic E-state index is 12.9. The van der Waals surface area contributed by atoms with Gasteiger partial charge in [0, 0.05) is 31.1 Å². The number of likely N-dealkylation sites (tertiary alicyclic amines) is 1. The summed E-state index contributed by atoms with van der Waals surface area (Å²) in [5.41, 5.74) is 0.599. The van der Waals surface area contributed by atoms with Crippen LogP contribution in [0.25, 0.3) is 0 Å². The molecule has 7 heteroatoms. The van der Waals surface area contributed by atoms with Crippen LogP contribution in [-0.4, -0.2) is 43.4 Å². The van der Waals surface area contributed by atoms with Gasteiger partial charge in [0.05, 0.1) is 0 Å². The summed E-state index contributed by atoms with van der Waals surface area (Å²) in [6, 6.07) is 5.74. The normalized spacial score (nSPS) is 14.8. The van der Waals surface area contributed by atoms with Gasteiger partial charge in [-0.15, -0.1) is 12.4 Å². The molecule has 2 amide bonds. The predicted octanol–water partition coefficient (Wildman–Crippen LogP) is 2.42. The summed E-state index contributed by atoms with van der Waals surface area (Å²) in [5.74, 6) is -0.314. The van der Waals surface area contributed by atoms with Crippen molar-refractivity contribution in [3.05, 3.63) is 30.1 Å². The molecule has 0 radical (unpaired) electrons. The summed E-state index contributed by atoms with van der Waals surface area (Å²) in [7, 11) is 1.87. The standard InChI is InChI=1S/C17H24FN3O2.ClH/c1-19-10-2-3-16(22)21-11-8-13(9-12-21)17(23)20-15-6-4-14(18)5-7-15;/h4-7,13,19H,2-3,8-12H2,1H3,(H,20,23);1H. The minimum absolute atomic E-state index is 0. The molecule has 134 valence electrons. The first-order chi connectivity index (χ1) is 11.1. The third-order valence-electron chi connectivity index (χ3n) is 4.15. The van der Waals surface area contributed by atoms with Crippen molar-refractivity contribution in [2.24, 2.45) is 5.92 Å². The molecule has 2 N–H and O–H groups in total. The summed E-state index contributed by atoms with van der Waals surface area (Å²) in [4.78, 5) is 26.1. The van der Waals surface area contributed by atoms with Gasteiger partial charge in [0.25, 0.3) is 0 Å². The Bertz CT molecular complexity index is 531. The summed E-state index contributed by atoms with van der Waals surface area (Å²) in [5, 5.41) is 5.83. The van der Waals surface area contributed by atoms with Crippen LogP contribution in [0.2, 0.25) is 0 Å². The van der Waals surface area contributed by atoms with Gasteiger partial charge >= 0.3 is 0 Å². The van der Waals surface area contributed by atoms with E-state index in [1.807, 2.05) is 11.9 Å². The lowest BCUT2D eigenvalue weighted by Crippen LogP contribution is -2.41. The number of hydrogen-bond acceptors (Lipinski definition) is 3. The molecule has 1 aromatic rings. The van der Waals surface area contributed by atoms with Gasteiger partial charge in [-0.1, -0.05) is 0 Å². The smallest absolute Gasteiger partial charge is 0.227 e. The Kier molecular flexibility index (Phi) is 8.71. The monoisotopic (exact) mass is 357 g/mol. The van der Waals surface area contributed by atoms with Crippen LogP contribution in [0.5, 0.6) is 0 Å². The van der Waals surface area contributed by atoms with Gasteiger partial charge in [-0.05, 0) is 57.1 Å². The summed E-state index contributed by atoms with van der Waals surface area (Å²) < 4.78 is 12.9. The zero-order chi connectivity index (χ0) is 16.7. The maximum Gasteiger partial charge on any atom is 0.227 e. The van der Waals surface area contributed by atoms with Crippen LogP contribution in [-0.2, 0) is 9.59 Å². The Morgan fingerprint density at radius 2 is 1.83 bits per heavy atom. The average Bonchev–Trinajstić information content (AvgIpc) is 2.57. The van der Waals surface area contributed by atoms with Crippen molar-refractivity contribution < 1.29 is 14.0 Å². The number of nitrogens with zero attached hydrogens (tertiary/aromatic N) is 1. The lowest BCUT2D eigenvalue weighted by Gasteiger charge is -2.31. The second-order valence-corrected chi connectivity index (χ2v) is 5.86. The van der Waals surface area contributed by atoms with Crippen LogP contribution in [0.15, 0.2) is 24.3 Å². The highest BCUT2D eigenvalue weighted by atomic mass is 35.5. The van der Waals surface area contributed by atoms with Crippen molar-refractivity contribution in [1.29, 1.82) is 0 Å². The molecule has 0 bridgehead atoms. The molecule has 1 aliphatic heterocycles. The van der Waals surface area contributed by atoms with E-state index in [0.29, 0.717) is 38.0 Å². The summed E-state index contributed by atoms with van der Waals surface area (Å²) in [6.07, 6.45) is 2.73. The Morgan fingerprint density at radius 1 is 1.21 bits per heavy atom. The van der Waals surface area contributed by atoms with E-state index in [1.54, 1.807) is 12.1 Å². The number of anilines is 1. The van der Waals surface area contributed by atoms with Crippen molar-refractivity contribution in [3.63, 3.8) is 0 Å². The Labute approximate surface area is 148 Å². The third kappa shape index (κ3) is 6.09. The van der Waals surface area contributed by atoms with E-state index in [1.165, 1.54) is 12.1 Å². The predicted molar refractivity (Wildman–Crippen MR) is 94.7 cm³/mol. The fourth-order valence-corrected chi connectivity index (χ4v) is 2.74. The molecule has 1 fully saturated rings. The van der Waals surface area contributed by atoms with E-state index < -0.39 is 0 Å². The maximum atomic E-state index is 12.9. The quantitative estimate of drug-likeness (QED) is 0.769. The highest BCUT2D eigenvalue weighted by molar-refractivity contribution is 5.92. The van der Waals surface area contributed by atoms with Gasteiger partial charge in [-0.3, -0.25) is 9.59 Å². The number of rotatable bonds is 6. The number of halogens is 2. The van der Waals surface area contributed by atoms with Gasteiger partial charge < -0.3 is 15.5 Å². The molecule has 0 aromatic heterocycles. The van der Waals surface area contributed by atoms with Crippen LogP contribution in [0, 0.1) is 11.7 Å². The van der Waals surface area contributed by atoms with Gasteiger partial charge in [-0.2, -0.15) is 0 Å². The second kappa shape index (κ2) is 10.3. The number of carbonyl (C=O) groups excluding carboxylic acids is 2. The molecule has 1 saturated heterocycles. The molecule has 0 atom stereocenters. The minimum atomic E-state index is -0.326. The highest BCUT2D eigenvalue weighted by Crippen LogP contribution is 2.20. The zero-order valence-corrected chi connectivity index (χ0v) is 14.7. The molecule has 2 rings (SSSR count). The highest BCUT2D eigenvalue weighted by Gasteiger charge is 2.27.